The fraction of sp³-hybridized carbons (Fsp3) is 0.846. The van der Waals surface area contributed by atoms with Crippen LogP contribution in [0.2, 0.25) is 0 Å². The van der Waals surface area contributed by atoms with Crippen LogP contribution in [0.15, 0.2) is 0 Å². The molecule has 0 radical (unpaired) electrons. The van der Waals surface area contributed by atoms with Crippen LogP contribution in [-0.2, 0) is 9.59 Å². The first kappa shape index (κ1) is 13.3. The summed E-state index contributed by atoms with van der Waals surface area (Å²) in [6, 6.07) is 0.301. The summed E-state index contributed by atoms with van der Waals surface area (Å²) < 4.78 is 0. The maximum absolute atomic E-state index is 11.8. The van der Waals surface area contributed by atoms with Crippen LogP contribution in [-0.4, -0.2) is 48.9 Å². The summed E-state index contributed by atoms with van der Waals surface area (Å²) in [4.78, 5) is 25.4. The van der Waals surface area contributed by atoms with Gasteiger partial charge in [0.2, 0.25) is 11.8 Å². The van der Waals surface area contributed by atoms with E-state index >= 15 is 0 Å². The Kier molecular flexibility index (Phi) is 4.99. The van der Waals surface area contributed by atoms with Crippen LogP contribution >= 0.6 is 0 Å². The quantitative estimate of drug-likeness (QED) is 0.755. The molecule has 2 fully saturated rings. The molecule has 1 unspecified atom stereocenters. The second-order valence-electron chi connectivity index (χ2n) is 5.22. The summed E-state index contributed by atoms with van der Waals surface area (Å²) in [7, 11) is 0. The minimum absolute atomic E-state index is 0.0141. The molecule has 0 aromatic rings. The first-order valence-corrected chi connectivity index (χ1v) is 7.03. The minimum atomic E-state index is -0.0141. The molecule has 2 aliphatic rings. The molecular formula is C13H23N3O2. The van der Waals surface area contributed by atoms with Gasteiger partial charge in [0.1, 0.15) is 0 Å². The average Bonchev–Trinajstić information content (AvgIpc) is 2.90. The molecule has 1 atom stereocenters. The summed E-state index contributed by atoms with van der Waals surface area (Å²) in [5.41, 5.74) is 0. The van der Waals surface area contributed by atoms with E-state index in [1.165, 1.54) is 6.42 Å². The largest absolute Gasteiger partial charge is 0.347 e. The van der Waals surface area contributed by atoms with E-state index in [1.54, 1.807) is 0 Å². The lowest BCUT2D eigenvalue weighted by atomic mass is 10.1. The molecule has 0 aliphatic carbocycles. The molecule has 2 N–H and O–H groups in total. The van der Waals surface area contributed by atoms with Crippen LogP contribution in [0.4, 0.5) is 0 Å². The van der Waals surface area contributed by atoms with E-state index < -0.39 is 0 Å². The van der Waals surface area contributed by atoms with Gasteiger partial charge in [-0.2, -0.15) is 0 Å². The van der Waals surface area contributed by atoms with Crippen molar-refractivity contribution < 1.29 is 9.59 Å². The first-order chi connectivity index (χ1) is 8.75. The van der Waals surface area contributed by atoms with Crippen LogP contribution < -0.4 is 10.6 Å². The average molecular weight is 253 g/mol. The molecule has 2 amide bonds. The highest BCUT2D eigenvalue weighted by molar-refractivity contribution is 5.85. The van der Waals surface area contributed by atoms with Crippen molar-refractivity contribution in [3.8, 4) is 0 Å². The monoisotopic (exact) mass is 253 g/mol. The normalized spacial score (nSPS) is 24.0. The Morgan fingerprint density at radius 3 is 2.61 bits per heavy atom. The third kappa shape index (κ3) is 3.98. The van der Waals surface area contributed by atoms with Crippen molar-refractivity contribution in [3.05, 3.63) is 0 Å². The molecule has 102 valence electrons. The number of carbonyl (C=O) groups is 2. The van der Waals surface area contributed by atoms with Gasteiger partial charge in [0.25, 0.3) is 0 Å². The van der Waals surface area contributed by atoms with Gasteiger partial charge in [-0.1, -0.05) is 0 Å². The van der Waals surface area contributed by atoms with Crippen molar-refractivity contribution in [3.63, 3.8) is 0 Å². The van der Waals surface area contributed by atoms with Crippen LogP contribution in [0, 0.1) is 0 Å². The van der Waals surface area contributed by atoms with Gasteiger partial charge in [-0.3, -0.25) is 9.59 Å². The Bertz CT molecular complexity index is 295. The number of amides is 2. The molecule has 2 saturated heterocycles. The molecule has 5 nitrogen and oxygen atoms in total. The second kappa shape index (κ2) is 6.73. The predicted octanol–water partition coefficient (Wildman–Crippen LogP) is 0.257. The highest BCUT2D eigenvalue weighted by Crippen LogP contribution is 2.09. The molecular weight excluding hydrogens is 230 g/mol. The zero-order chi connectivity index (χ0) is 12.8. The van der Waals surface area contributed by atoms with E-state index in [4.69, 9.17) is 0 Å². The minimum Gasteiger partial charge on any atom is -0.347 e. The van der Waals surface area contributed by atoms with E-state index in [0.29, 0.717) is 12.5 Å². The molecule has 0 bridgehead atoms. The molecule has 2 rings (SSSR count). The van der Waals surface area contributed by atoms with Gasteiger partial charge < -0.3 is 15.5 Å². The zero-order valence-corrected chi connectivity index (χ0v) is 10.9. The van der Waals surface area contributed by atoms with E-state index in [1.807, 2.05) is 4.90 Å². The van der Waals surface area contributed by atoms with Gasteiger partial charge in [-0.25, -0.2) is 0 Å². The third-order valence-electron chi connectivity index (χ3n) is 3.74. The Balaban J connectivity index is 1.63. The van der Waals surface area contributed by atoms with Gasteiger partial charge in [0, 0.05) is 25.6 Å². The first-order valence-electron chi connectivity index (χ1n) is 7.03. The SMILES string of the molecule is O=C(CC1CCCN1)NCC(=O)N1CCCCC1. The molecule has 0 saturated carbocycles. The standard InChI is InChI=1S/C13H23N3O2/c17-12(9-11-5-4-6-14-11)15-10-13(18)16-7-2-1-3-8-16/h11,14H,1-10H2,(H,15,17). The smallest absolute Gasteiger partial charge is 0.241 e. The van der Waals surface area contributed by atoms with Gasteiger partial charge in [0.05, 0.1) is 6.54 Å². The van der Waals surface area contributed by atoms with Gasteiger partial charge >= 0.3 is 0 Å². The summed E-state index contributed by atoms with van der Waals surface area (Å²) in [5, 5.41) is 6.02. The number of nitrogens with one attached hydrogen (secondary N) is 2. The van der Waals surface area contributed by atoms with Crippen molar-refractivity contribution in [2.45, 2.75) is 44.6 Å². The van der Waals surface area contributed by atoms with Crippen LogP contribution in [0.25, 0.3) is 0 Å². The Hall–Kier alpha value is -1.10. The number of rotatable bonds is 4. The van der Waals surface area contributed by atoms with Gasteiger partial charge in [-0.15, -0.1) is 0 Å². The van der Waals surface area contributed by atoms with E-state index in [0.717, 1.165) is 45.3 Å². The van der Waals surface area contributed by atoms with E-state index in [2.05, 4.69) is 10.6 Å². The zero-order valence-electron chi connectivity index (χ0n) is 10.9. The Morgan fingerprint density at radius 1 is 1.17 bits per heavy atom. The maximum atomic E-state index is 11.8. The van der Waals surface area contributed by atoms with Gasteiger partial charge in [0.15, 0.2) is 0 Å². The predicted molar refractivity (Wildman–Crippen MR) is 69.1 cm³/mol. The highest BCUT2D eigenvalue weighted by Gasteiger charge is 2.20. The van der Waals surface area contributed by atoms with E-state index in [9.17, 15) is 9.59 Å². The summed E-state index contributed by atoms with van der Waals surface area (Å²) >= 11 is 0. The number of hydrogen-bond acceptors (Lipinski definition) is 3. The van der Waals surface area contributed by atoms with Crippen molar-refractivity contribution in [2.75, 3.05) is 26.2 Å². The lowest BCUT2D eigenvalue weighted by Crippen LogP contribution is -2.43. The molecule has 2 aliphatic heterocycles. The Labute approximate surface area is 108 Å². The fourth-order valence-electron chi connectivity index (χ4n) is 2.66. The number of likely N-dealkylation sites (tertiary alicyclic amines) is 1. The lowest BCUT2D eigenvalue weighted by Gasteiger charge is -2.26. The second-order valence-corrected chi connectivity index (χ2v) is 5.22. The molecule has 0 aromatic heterocycles. The van der Waals surface area contributed by atoms with E-state index in [-0.39, 0.29) is 18.4 Å². The number of carbonyl (C=O) groups excluding carboxylic acids is 2. The molecule has 2 heterocycles. The van der Waals surface area contributed by atoms with Crippen LogP contribution in [0.5, 0.6) is 0 Å². The number of piperidine rings is 1. The maximum Gasteiger partial charge on any atom is 0.241 e. The molecule has 0 aromatic carbocycles. The topological polar surface area (TPSA) is 61.4 Å². The molecule has 18 heavy (non-hydrogen) atoms. The summed E-state index contributed by atoms with van der Waals surface area (Å²) in [6.45, 7) is 2.86. The summed E-state index contributed by atoms with van der Waals surface area (Å²) in [5.74, 6) is 0.0437. The Morgan fingerprint density at radius 2 is 1.94 bits per heavy atom. The van der Waals surface area contributed by atoms with Crippen molar-refractivity contribution in [1.82, 2.24) is 15.5 Å². The third-order valence-corrected chi connectivity index (χ3v) is 3.74. The number of nitrogens with zero attached hydrogens (tertiary/aromatic N) is 1. The lowest BCUT2D eigenvalue weighted by molar-refractivity contribution is -0.133. The van der Waals surface area contributed by atoms with Gasteiger partial charge in [-0.05, 0) is 38.6 Å². The van der Waals surface area contributed by atoms with Crippen molar-refractivity contribution in [2.24, 2.45) is 0 Å². The van der Waals surface area contributed by atoms with Crippen LogP contribution in [0.1, 0.15) is 38.5 Å². The summed E-state index contributed by atoms with van der Waals surface area (Å²) in [6.07, 6.45) is 6.09. The fourth-order valence-corrected chi connectivity index (χ4v) is 2.66. The molecule has 5 heteroatoms. The van der Waals surface area contributed by atoms with Crippen molar-refractivity contribution >= 4 is 11.8 Å². The number of hydrogen-bond donors (Lipinski definition) is 2. The highest BCUT2D eigenvalue weighted by atomic mass is 16.2. The molecule has 0 spiro atoms. The van der Waals surface area contributed by atoms with Crippen molar-refractivity contribution in [1.29, 1.82) is 0 Å². The van der Waals surface area contributed by atoms with Crippen LogP contribution in [0.3, 0.4) is 0 Å².